The summed E-state index contributed by atoms with van der Waals surface area (Å²) in [5.74, 6) is 0.815. The molecule has 6 heteroatoms. The van der Waals surface area contributed by atoms with Gasteiger partial charge in [-0.05, 0) is 57.0 Å². The summed E-state index contributed by atoms with van der Waals surface area (Å²) in [5, 5.41) is 13.3. The molecule has 128 valence electrons. The highest BCUT2D eigenvalue weighted by Gasteiger charge is 2.20. The normalized spacial score (nSPS) is 16.5. The predicted octanol–water partition coefficient (Wildman–Crippen LogP) is 4.74. The number of halogens is 2. The van der Waals surface area contributed by atoms with E-state index in [9.17, 15) is 0 Å². The molecule has 0 bridgehead atoms. The summed E-state index contributed by atoms with van der Waals surface area (Å²) in [6.45, 7) is 6.75. The first kappa shape index (κ1) is 17.5. The average molecular weight is 365 g/mol. The topological polar surface area (TPSA) is 41.0 Å². The molecule has 2 aromatic rings. The second-order valence-corrected chi connectivity index (χ2v) is 7.38. The highest BCUT2D eigenvalue weighted by Crippen LogP contribution is 2.26. The maximum atomic E-state index is 6.05. The van der Waals surface area contributed by atoms with Crippen LogP contribution in [0.5, 0.6) is 0 Å². The summed E-state index contributed by atoms with van der Waals surface area (Å²) < 4.78 is 0. The van der Waals surface area contributed by atoms with E-state index < -0.39 is 0 Å². The Hall–Kier alpha value is -1.36. The number of benzene rings is 1. The number of nitrogens with one attached hydrogen (secondary N) is 1. The third-order valence-corrected chi connectivity index (χ3v) is 4.87. The number of aromatic nitrogens is 2. The van der Waals surface area contributed by atoms with Gasteiger partial charge >= 0.3 is 0 Å². The lowest BCUT2D eigenvalue weighted by molar-refractivity contribution is 0.177. The summed E-state index contributed by atoms with van der Waals surface area (Å²) in [6.07, 6.45) is 2.26. The molecule has 3 rings (SSSR count). The van der Waals surface area contributed by atoms with E-state index in [0.29, 0.717) is 22.1 Å². The number of piperidine rings is 1. The number of rotatable bonds is 4. The van der Waals surface area contributed by atoms with Crippen molar-refractivity contribution >= 4 is 29.0 Å². The van der Waals surface area contributed by atoms with Crippen LogP contribution < -0.4 is 5.32 Å². The summed E-state index contributed by atoms with van der Waals surface area (Å²) in [7, 11) is 0. The molecule has 1 aromatic heterocycles. The van der Waals surface area contributed by atoms with E-state index in [1.165, 1.54) is 0 Å². The largest absolute Gasteiger partial charge is 0.366 e. The Balaban J connectivity index is 1.63. The van der Waals surface area contributed by atoms with E-state index in [1.807, 2.05) is 24.3 Å². The van der Waals surface area contributed by atoms with Crippen molar-refractivity contribution in [3.8, 4) is 11.3 Å². The van der Waals surface area contributed by atoms with E-state index in [1.54, 1.807) is 6.07 Å². The fraction of sp³-hybridized carbons (Fsp3) is 0.444. The lowest BCUT2D eigenvalue weighted by Crippen LogP contribution is -2.42. The second-order valence-electron chi connectivity index (χ2n) is 6.51. The molecule has 0 radical (unpaired) electrons. The van der Waals surface area contributed by atoms with Crippen LogP contribution in [0.15, 0.2) is 30.3 Å². The van der Waals surface area contributed by atoms with E-state index in [4.69, 9.17) is 23.2 Å². The van der Waals surface area contributed by atoms with Gasteiger partial charge in [0.2, 0.25) is 0 Å². The Morgan fingerprint density at radius 2 is 1.71 bits per heavy atom. The van der Waals surface area contributed by atoms with Crippen LogP contribution in [0.4, 0.5) is 5.82 Å². The minimum Gasteiger partial charge on any atom is -0.366 e. The SMILES string of the molecule is CC(C)N1CCC(Nc2ccc(-c3cc(Cl)cc(Cl)c3)nn2)CC1. The molecule has 0 aliphatic carbocycles. The van der Waals surface area contributed by atoms with Gasteiger partial charge < -0.3 is 10.2 Å². The Morgan fingerprint density at radius 1 is 1.04 bits per heavy atom. The van der Waals surface area contributed by atoms with Crippen LogP contribution >= 0.6 is 23.2 Å². The smallest absolute Gasteiger partial charge is 0.148 e. The van der Waals surface area contributed by atoms with Gasteiger partial charge in [-0.15, -0.1) is 10.2 Å². The van der Waals surface area contributed by atoms with Gasteiger partial charge in [-0.1, -0.05) is 23.2 Å². The molecule has 0 spiro atoms. The van der Waals surface area contributed by atoms with Crippen molar-refractivity contribution in [3.05, 3.63) is 40.4 Å². The van der Waals surface area contributed by atoms with E-state index in [0.717, 1.165) is 43.0 Å². The first-order valence-electron chi connectivity index (χ1n) is 8.32. The molecule has 1 aliphatic heterocycles. The van der Waals surface area contributed by atoms with Gasteiger partial charge in [-0.2, -0.15) is 0 Å². The molecule has 1 aromatic carbocycles. The van der Waals surface area contributed by atoms with Crippen molar-refractivity contribution in [2.24, 2.45) is 0 Å². The van der Waals surface area contributed by atoms with Crippen LogP contribution in [0.3, 0.4) is 0 Å². The summed E-state index contributed by atoms with van der Waals surface area (Å²) in [5.41, 5.74) is 1.64. The van der Waals surface area contributed by atoms with Crippen molar-refractivity contribution in [2.45, 2.75) is 38.8 Å². The molecule has 4 nitrogen and oxygen atoms in total. The first-order valence-corrected chi connectivity index (χ1v) is 9.07. The number of anilines is 1. The molecule has 0 unspecified atom stereocenters. The number of likely N-dealkylation sites (tertiary alicyclic amines) is 1. The van der Waals surface area contributed by atoms with Gasteiger partial charge in [-0.3, -0.25) is 0 Å². The zero-order valence-corrected chi connectivity index (χ0v) is 15.5. The molecule has 0 atom stereocenters. The maximum absolute atomic E-state index is 6.05. The monoisotopic (exact) mass is 364 g/mol. The lowest BCUT2D eigenvalue weighted by atomic mass is 10.0. The van der Waals surface area contributed by atoms with Crippen LogP contribution in [0, 0.1) is 0 Å². The molecule has 1 aliphatic rings. The Morgan fingerprint density at radius 3 is 2.25 bits per heavy atom. The number of hydrogen-bond acceptors (Lipinski definition) is 4. The van der Waals surface area contributed by atoms with Crippen molar-refractivity contribution in [3.63, 3.8) is 0 Å². The Bertz CT molecular complexity index is 660. The standard InChI is InChI=1S/C18H22Cl2N4/c1-12(2)24-7-5-16(6-8-24)21-18-4-3-17(22-23-18)13-9-14(19)11-15(20)10-13/h3-4,9-12,16H,5-8H2,1-2H3,(H,21,23). The summed E-state index contributed by atoms with van der Waals surface area (Å²) >= 11 is 12.1. The average Bonchev–Trinajstić information content (AvgIpc) is 2.55. The van der Waals surface area contributed by atoms with Gasteiger partial charge in [0.25, 0.3) is 0 Å². The summed E-state index contributed by atoms with van der Waals surface area (Å²) in [6, 6.07) is 10.4. The molecule has 1 saturated heterocycles. The Kier molecular flexibility index (Phi) is 5.59. The zero-order chi connectivity index (χ0) is 17.1. The van der Waals surface area contributed by atoms with Crippen LogP contribution in [0.1, 0.15) is 26.7 Å². The summed E-state index contributed by atoms with van der Waals surface area (Å²) in [4.78, 5) is 2.51. The number of hydrogen-bond donors (Lipinski definition) is 1. The lowest BCUT2D eigenvalue weighted by Gasteiger charge is -2.34. The fourth-order valence-electron chi connectivity index (χ4n) is 3.03. The van der Waals surface area contributed by atoms with Gasteiger partial charge in [-0.25, -0.2) is 0 Å². The van der Waals surface area contributed by atoms with Crippen LogP contribution in [-0.4, -0.2) is 40.3 Å². The minimum absolute atomic E-state index is 0.459. The highest BCUT2D eigenvalue weighted by molar-refractivity contribution is 6.35. The fourth-order valence-corrected chi connectivity index (χ4v) is 3.56. The molecule has 0 saturated carbocycles. The third kappa shape index (κ3) is 4.38. The molecular weight excluding hydrogens is 343 g/mol. The molecular formula is C18H22Cl2N4. The van der Waals surface area contributed by atoms with Crippen molar-refractivity contribution in [1.29, 1.82) is 0 Å². The zero-order valence-electron chi connectivity index (χ0n) is 14.0. The van der Waals surface area contributed by atoms with E-state index in [2.05, 4.69) is 34.3 Å². The quantitative estimate of drug-likeness (QED) is 0.850. The molecule has 0 amide bonds. The molecule has 1 fully saturated rings. The van der Waals surface area contributed by atoms with Crippen molar-refractivity contribution < 1.29 is 0 Å². The van der Waals surface area contributed by atoms with E-state index in [-0.39, 0.29) is 0 Å². The molecule has 24 heavy (non-hydrogen) atoms. The molecule has 1 N–H and O–H groups in total. The van der Waals surface area contributed by atoms with Crippen molar-refractivity contribution in [1.82, 2.24) is 15.1 Å². The van der Waals surface area contributed by atoms with Gasteiger partial charge in [0.15, 0.2) is 0 Å². The van der Waals surface area contributed by atoms with Crippen LogP contribution in [-0.2, 0) is 0 Å². The Labute approximate surface area is 153 Å². The van der Waals surface area contributed by atoms with Crippen molar-refractivity contribution in [2.75, 3.05) is 18.4 Å². The second kappa shape index (κ2) is 7.68. The minimum atomic E-state index is 0.459. The van der Waals surface area contributed by atoms with Crippen LogP contribution in [0.25, 0.3) is 11.3 Å². The van der Waals surface area contributed by atoms with E-state index >= 15 is 0 Å². The molecule has 2 heterocycles. The maximum Gasteiger partial charge on any atom is 0.148 e. The predicted molar refractivity (Wildman–Crippen MR) is 101 cm³/mol. The van der Waals surface area contributed by atoms with Crippen LogP contribution in [0.2, 0.25) is 10.0 Å². The van der Waals surface area contributed by atoms with Gasteiger partial charge in [0.05, 0.1) is 5.69 Å². The first-order chi connectivity index (χ1) is 11.5. The third-order valence-electron chi connectivity index (χ3n) is 4.43. The highest BCUT2D eigenvalue weighted by atomic mass is 35.5. The number of nitrogens with zero attached hydrogens (tertiary/aromatic N) is 3. The van der Waals surface area contributed by atoms with Gasteiger partial charge in [0.1, 0.15) is 5.82 Å². The van der Waals surface area contributed by atoms with Gasteiger partial charge in [0, 0.05) is 40.8 Å².